The Morgan fingerprint density at radius 2 is 2.24 bits per heavy atom. The molecule has 0 saturated heterocycles. The Balaban J connectivity index is 2.62. The lowest BCUT2D eigenvalue weighted by atomic mass is 10.1. The van der Waals surface area contributed by atoms with Crippen LogP contribution in [0.4, 0.5) is 0 Å². The fourth-order valence-corrected chi connectivity index (χ4v) is 1.82. The monoisotopic (exact) mass is 257 g/mol. The highest BCUT2D eigenvalue weighted by molar-refractivity contribution is 7.97. The SMILES string of the molecule is CSCc1ccc(C(=O)N[C@H](CO)C(C)C)o1. The second-order valence-electron chi connectivity index (χ2n) is 4.21. The summed E-state index contributed by atoms with van der Waals surface area (Å²) in [7, 11) is 0. The average Bonchev–Trinajstić information content (AvgIpc) is 2.74. The molecule has 1 rings (SSSR count). The second kappa shape index (κ2) is 6.71. The van der Waals surface area contributed by atoms with Crippen molar-refractivity contribution in [2.45, 2.75) is 25.6 Å². The molecule has 0 spiro atoms. The summed E-state index contributed by atoms with van der Waals surface area (Å²) < 4.78 is 5.40. The molecule has 96 valence electrons. The number of hydrogen-bond donors (Lipinski definition) is 2. The van der Waals surface area contributed by atoms with E-state index in [9.17, 15) is 4.79 Å². The van der Waals surface area contributed by atoms with Crippen LogP contribution in [0.3, 0.4) is 0 Å². The van der Waals surface area contributed by atoms with Crippen LogP contribution in [0.15, 0.2) is 16.5 Å². The maximum Gasteiger partial charge on any atom is 0.287 e. The fourth-order valence-electron chi connectivity index (χ4n) is 1.38. The summed E-state index contributed by atoms with van der Waals surface area (Å²) in [4.78, 5) is 11.8. The van der Waals surface area contributed by atoms with Crippen LogP contribution in [-0.2, 0) is 5.75 Å². The quantitative estimate of drug-likeness (QED) is 0.817. The summed E-state index contributed by atoms with van der Waals surface area (Å²) in [5, 5.41) is 11.9. The van der Waals surface area contributed by atoms with Gasteiger partial charge in [-0.2, -0.15) is 11.8 Å². The van der Waals surface area contributed by atoms with Gasteiger partial charge in [-0.05, 0) is 24.3 Å². The van der Waals surface area contributed by atoms with Gasteiger partial charge in [-0.1, -0.05) is 13.8 Å². The van der Waals surface area contributed by atoms with E-state index in [2.05, 4.69) is 5.32 Å². The molecule has 0 saturated carbocycles. The number of carbonyl (C=O) groups excluding carboxylic acids is 1. The lowest BCUT2D eigenvalue weighted by molar-refractivity contribution is 0.0867. The Kier molecular flexibility index (Phi) is 5.58. The summed E-state index contributed by atoms with van der Waals surface area (Å²) in [6.45, 7) is 3.83. The number of rotatable bonds is 6. The topological polar surface area (TPSA) is 62.5 Å². The van der Waals surface area contributed by atoms with E-state index in [0.29, 0.717) is 5.76 Å². The highest BCUT2D eigenvalue weighted by Crippen LogP contribution is 2.13. The van der Waals surface area contributed by atoms with Crippen LogP contribution in [0.5, 0.6) is 0 Å². The Morgan fingerprint density at radius 1 is 1.53 bits per heavy atom. The van der Waals surface area contributed by atoms with E-state index in [0.717, 1.165) is 11.5 Å². The molecule has 1 amide bonds. The van der Waals surface area contributed by atoms with Crippen LogP contribution in [0.2, 0.25) is 0 Å². The summed E-state index contributed by atoms with van der Waals surface area (Å²) >= 11 is 1.64. The Bertz CT molecular complexity index is 362. The zero-order chi connectivity index (χ0) is 12.8. The van der Waals surface area contributed by atoms with Crippen molar-refractivity contribution in [3.05, 3.63) is 23.7 Å². The fraction of sp³-hybridized carbons (Fsp3) is 0.583. The van der Waals surface area contributed by atoms with Gasteiger partial charge in [-0.15, -0.1) is 0 Å². The normalized spacial score (nSPS) is 12.8. The van der Waals surface area contributed by atoms with E-state index in [1.165, 1.54) is 0 Å². The van der Waals surface area contributed by atoms with Crippen molar-refractivity contribution < 1.29 is 14.3 Å². The van der Waals surface area contributed by atoms with Crippen LogP contribution in [0.1, 0.15) is 30.2 Å². The molecular formula is C12H19NO3S. The number of carbonyl (C=O) groups is 1. The molecule has 1 atom stereocenters. The van der Waals surface area contributed by atoms with Gasteiger partial charge in [0.2, 0.25) is 0 Å². The average molecular weight is 257 g/mol. The molecule has 5 heteroatoms. The summed E-state index contributed by atoms with van der Waals surface area (Å²) in [6, 6.07) is 3.22. The van der Waals surface area contributed by atoms with E-state index in [1.54, 1.807) is 23.9 Å². The van der Waals surface area contributed by atoms with Gasteiger partial charge in [0.15, 0.2) is 5.76 Å². The van der Waals surface area contributed by atoms with Crippen LogP contribution >= 0.6 is 11.8 Å². The first-order valence-electron chi connectivity index (χ1n) is 5.57. The number of nitrogens with one attached hydrogen (secondary N) is 1. The molecule has 0 fully saturated rings. The Hall–Kier alpha value is -0.940. The largest absolute Gasteiger partial charge is 0.455 e. The zero-order valence-electron chi connectivity index (χ0n) is 10.4. The van der Waals surface area contributed by atoms with Crippen LogP contribution in [-0.4, -0.2) is 29.9 Å². The molecule has 1 aromatic rings. The van der Waals surface area contributed by atoms with Crippen molar-refractivity contribution in [1.82, 2.24) is 5.32 Å². The highest BCUT2D eigenvalue weighted by Gasteiger charge is 2.18. The third kappa shape index (κ3) is 4.09. The molecule has 0 unspecified atom stereocenters. The van der Waals surface area contributed by atoms with Gasteiger partial charge in [0.1, 0.15) is 5.76 Å². The Labute approximate surface area is 106 Å². The van der Waals surface area contributed by atoms with Crippen molar-refractivity contribution in [2.24, 2.45) is 5.92 Å². The van der Waals surface area contributed by atoms with Crippen LogP contribution in [0, 0.1) is 5.92 Å². The molecule has 4 nitrogen and oxygen atoms in total. The van der Waals surface area contributed by atoms with E-state index in [-0.39, 0.29) is 24.5 Å². The molecule has 1 heterocycles. The summed E-state index contributed by atoms with van der Waals surface area (Å²) in [5.41, 5.74) is 0. The molecule has 0 radical (unpaired) electrons. The third-order valence-electron chi connectivity index (χ3n) is 2.49. The first kappa shape index (κ1) is 14.1. The van der Waals surface area contributed by atoms with Gasteiger partial charge < -0.3 is 14.8 Å². The van der Waals surface area contributed by atoms with Gasteiger partial charge in [0, 0.05) is 0 Å². The molecule has 0 aliphatic heterocycles. The molecule has 0 aliphatic carbocycles. The van der Waals surface area contributed by atoms with Crippen molar-refractivity contribution in [2.75, 3.05) is 12.9 Å². The minimum Gasteiger partial charge on any atom is -0.455 e. The number of thioether (sulfide) groups is 1. The van der Waals surface area contributed by atoms with Gasteiger partial charge in [-0.25, -0.2) is 0 Å². The standard InChI is InChI=1S/C12H19NO3S/c1-8(2)10(6-14)13-12(15)11-5-4-9(16-11)7-17-3/h4-5,8,10,14H,6-7H2,1-3H3,(H,13,15)/t10-/m1/s1. The number of amides is 1. The van der Waals surface area contributed by atoms with Gasteiger partial charge >= 0.3 is 0 Å². The minimum absolute atomic E-state index is 0.0677. The lowest BCUT2D eigenvalue weighted by Crippen LogP contribution is -2.40. The first-order chi connectivity index (χ1) is 8.08. The van der Waals surface area contributed by atoms with Crippen molar-refractivity contribution in [1.29, 1.82) is 0 Å². The molecule has 1 aromatic heterocycles. The van der Waals surface area contributed by atoms with Crippen LogP contribution in [0.25, 0.3) is 0 Å². The summed E-state index contributed by atoms with van der Waals surface area (Å²) in [5.74, 6) is 1.75. The number of hydrogen-bond acceptors (Lipinski definition) is 4. The van der Waals surface area contributed by atoms with Crippen molar-refractivity contribution >= 4 is 17.7 Å². The van der Waals surface area contributed by atoms with Gasteiger partial charge in [-0.3, -0.25) is 4.79 Å². The van der Waals surface area contributed by atoms with E-state index < -0.39 is 0 Å². The maximum absolute atomic E-state index is 11.8. The van der Waals surface area contributed by atoms with Gasteiger partial charge in [0.25, 0.3) is 5.91 Å². The second-order valence-corrected chi connectivity index (χ2v) is 5.07. The number of aliphatic hydroxyl groups excluding tert-OH is 1. The lowest BCUT2D eigenvalue weighted by Gasteiger charge is -2.18. The van der Waals surface area contributed by atoms with E-state index in [1.807, 2.05) is 20.1 Å². The summed E-state index contributed by atoms with van der Waals surface area (Å²) in [6.07, 6.45) is 1.98. The predicted molar refractivity (Wildman–Crippen MR) is 69.1 cm³/mol. The molecule has 0 aliphatic rings. The van der Waals surface area contributed by atoms with Crippen molar-refractivity contribution in [3.8, 4) is 0 Å². The van der Waals surface area contributed by atoms with Gasteiger partial charge in [0.05, 0.1) is 18.4 Å². The maximum atomic E-state index is 11.8. The first-order valence-corrected chi connectivity index (χ1v) is 6.97. The van der Waals surface area contributed by atoms with Crippen LogP contribution < -0.4 is 5.32 Å². The minimum atomic E-state index is -0.273. The molecule has 17 heavy (non-hydrogen) atoms. The zero-order valence-corrected chi connectivity index (χ0v) is 11.2. The Morgan fingerprint density at radius 3 is 2.76 bits per heavy atom. The van der Waals surface area contributed by atoms with E-state index >= 15 is 0 Å². The highest BCUT2D eigenvalue weighted by atomic mass is 32.2. The molecule has 0 bridgehead atoms. The van der Waals surface area contributed by atoms with Crippen molar-refractivity contribution in [3.63, 3.8) is 0 Å². The third-order valence-corrected chi connectivity index (χ3v) is 3.06. The number of aliphatic hydroxyl groups is 1. The van der Waals surface area contributed by atoms with E-state index in [4.69, 9.17) is 9.52 Å². The smallest absolute Gasteiger partial charge is 0.287 e. The molecule has 0 aromatic carbocycles. The predicted octanol–water partition coefficient (Wildman–Crippen LogP) is 1.89. The molecule has 2 N–H and O–H groups in total. The molecular weight excluding hydrogens is 238 g/mol. The number of furan rings is 1.